The van der Waals surface area contributed by atoms with Gasteiger partial charge in [-0.3, -0.25) is 24.6 Å². The van der Waals surface area contributed by atoms with E-state index in [1.54, 1.807) is 43.1 Å². The Bertz CT molecular complexity index is 997. The summed E-state index contributed by atoms with van der Waals surface area (Å²) in [5.74, 6) is -0.176. The Hall–Kier alpha value is -3.55. The predicted molar refractivity (Wildman–Crippen MR) is 104 cm³/mol. The summed E-state index contributed by atoms with van der Waals surface area (Å²) in [5, 5.41) is 18.3. The molecule has 144 valence electrons. The van der Waals surface area contributed by atoms with E-state index in [2.05, 4.69) is 15.4 Å². The maximum Gasteiger partial charge on any atom is 0.312 e. The molecule has 8 nitrogen and oxygen atoms in total. The molecule has 0 saturated heterocycles. The van der Waals surface area contributed by atoms with Crippen molar-refractivity contribution < 1.29 is 9.72 Å². The van der Waals surface area contributed by atoms with Crippen molar-refractivity contribution in [3.63, 3.8) is 0 Å². The van der Waals surface area contributed by atoms with Gasteiger partial charge in [-0.05, 0) is 50.1 Å². The number of pyridine rings is 1. The van der Waals surface area contributed by atoms with E-state index in [1.165, 1.54) is 0 Å². The molecule has 0 aliphatic rings. The molecule has 28 heavy (non-hydrogen) atoms. The van der Waals surface area contributed by atoms with Crippen LogP contribution in [0, 0.1) is 24.0 Å². The van der Waals surface area contributed by atoms with Gasteiger partial charge >= 0.3 is 5.69 Å². The highest BCUT2D eigenvalue weighted by atomic mass is 16.6. The zero-order valence-electron chi connectivity index (χ0n) is 15.9. The number of carbonyl (C=O) groups is 1. The lowest BCUT2D eigenvalue weighted by Crippen LogP contribution is -2.26. The Morgan fingerprint density at radius 1 is 1.25 bits per heavy atom. The largest absolute Gasteiger partial charge is 0.345 e. The maximum atomic E-state index is 12.5. The van der Waals surface area contributed by atoms with Crippen molar-refractivity contribution in [2.24, 2.45) is 0 Å². The first-order valence-electron chi connectivity index (χ1n) is 8.85. The van der Waals surface area contributed by atoms with Gasteiger partial charge in [0.2, 0.25) is 0 Å². The first-order valence-corrected chi connectivity index (χ1v) is 8.85. The van der Waals surface area contributed by atoms with E-state index < -0.39 is 4.92 Å². The Kier molecular flexibility index (Phi) is 5.49. The summed E-state index contributed by atoms with van der Waals surface area (Å²) in [6.07, 6.45) is 3.41. The summed E-state index contributed by atoms with van der Waals surface area (Å²) in [5.41, 5.74) is 3.31. The van der Waals surface area contributed by atoms with Gasteiger partial charge in [0, 0.05) is 18.0 Å². The lowest BCUT2D eigenvalue weighted by Gasteiger charge is -2.14. The molecule has 3 aromatic rings. The molecule has 0 spiro atoms. The number of carbonyl (C=O) groups excluding carboxylic acids is 1. The first kappa shape index (κ1) is 19.2. The van der Waals surface area contributed by atoms with E-state index in [4.69, 9.17) is 0 Å². The molecule has 2 heterocycles. The average molecular weight is 379 g/mol. The van der Waals surface area contributed by atoms with Crippen molar-refractivity contribution in [2.75, 3.05) is 0 Å². The number of nitrogens with zero attached hydrogens (tertiary/aromatic N) is 4. The Labute approximate surface area is 162 Å². The van der Waals surface area contributed by atoms with Gasteiger partial charge in [0.05, 0.1) is 17.5 Å². The standard InChI is InChI=1S/C20H21N5O3/c1-13(18-5-4-10-21-11-18)22-20(26)17-8-6-16(7-9-17)12-24-15(3)19(25(27)28)14(2)23-24/h4-11,13H,12H2,1-3H3,(H,22,26). The second-order valence-electron chi connectivity index (χ2n) is 6.61. The van der Waals surface area contributed by atoms with Crippen molar-refractivity contribution in [3.05, 3.63) is 87.0 Å². The number of amides is 1. The maximum absolute atomic E-state index is 12.5. The van der Waals surface area contributed by atoms with Gasteiger partial charge in [-0.25, -0.2) is 0 Å². The minimum absolute atomic E-state index is 0.0420. The molecular weight excluding hydrogens is 358 g/mol. The summed E-state index contributed by atoms with van der Waals surface area (Å²) in [6, 6.07) is 10.7. The van der Waals surface area contributed by atoms with Crippen LogP contribution in [0.3, 0.4) is 0 Å². The van der Waals surface area contributed by atoms with Crippen LogP contribution in [0.25, 0.3) is 0 Å². The number of nitrogens with one attached hydrogen (secondary N) is 1. The molecular formula is C20H21N5O3. The monoisotopic (exact) mass is 379 g/mol. The molecule has 1 aromatic carbocycles. The Balaban J connectivity index is 1.69. The zero-order valence-corrected chi connectivity index (χ0v) is 15.9. The number of hydrogen-bond donors (Lipinski definition) is 1. The molecule has 1 atom stereocenters. The molecule has 0 aliphatic heterocycles. The lowest BCUT2D eigenvalue weighted by atomic mass is 10.1. The molecule has 1 amide bonds. The van der Waals surface area contributed by atoms with Crippen LogP contribution in [0.5, 0.6) is 0 Å². The topological polar surface area (TPSA) is 103 Å². The van der Waals surface area contributed by atoms with Crippen LogP contribution >= 0.6 is 0 Å². The van der Waals surface area contributed by atoms with Crippen molar-refractivity contribution in [3.8, 4) is 0 Å². The highest BCUT2D eigenvalue weighted by Gasteiger charge is 2.21. The van der Waals surface area contributed by atoms with Gasteiger partial charge in [0.25, 0.3) is 5.91 Å². The second kappa shape index (κ2) is 7.99. The minimum atomic E-state index is -0.412. The minimum Gasteiger partial charge on any atom is -0.345 e. The summed E-state index contributed by atoms with van der Waals surface area (Å²) in [7, 11) is 0. The highest BCUT2D eigenvalue weighted by Crippen LogP contribution is 2.22. The van der Waals surface area contributed by atoms with Crippen molar-refractivity contribution in [2.45, 2.75) is 33.4 Å². The van der Waals surface area contributed by atoms with E-state index >= 15 is 0 Å². The summed E-state index contributed by atoms with van der Waals surface area (Å²) in [6.45, 7) is 5.60. The predicted octanol–water partition coefficient (Wildman–Crippen LogP) is 3.34. The van der Waals surface area contributed by atoms with E-state index in [-0.39, 0.29) is 17.6 Å². The Morgan fingerprint density at radius 3 is 2.54 bits per heavy atom. The number of rotatable bonds is 6. The molecule has 0 bridgehead atoms. The first-order chi connectivity index (χ1) is 13.4. The highest BCUT2D eigenvalue weighted by molar-refractivity contribution is 5.94. The molecule has 0 fully saturated rings. The van der Waals surface area contributed by atoms with Crippen LogP contribution in [0.1, 0.15) is 45.8 Å². The zero-order chi connectivity index (χ0) is 20.3. The van der Waals surface area contributed by atoms with Gasteiger partial charge in [-0.1, -0.05) is 18.2 Å². The number of hydrogen-bond acceptors (Lipinski definition) is 5. The fraction of sp³-hybridized carbons (Fsp3) is 0.250. The van der Waals surface area contributed by atoms with Crippen molar-refractivity contribution in [1.29, 1.82) is 0 Å². The van der Waals surface area contributed by atoms with Crippen LogP contribution in [-0.2, 0) is 6.54 Å². The molecule has 3 rings (SSSR count). The number of benzene rings is 1. The SMILES string of the molecule is Cc1nn(Cc2ccc(C(=O)NC(C)c3cccnc3)cc2)c(C)c1[N+](=O)[O-]. The third-order valence-corrected chi connectivity index (χ3v) is 4.61. The van der Waals surface area contributed by atoms with Crippen molar-refractivity contribution >= 4 is 11.6 Å². The molecule has 8 heteroatoms. The fourth-order valence-electron chi connectivity index (χ4n) is 3.04. The van der Waals surface area contributed by atoms with E-state index in [0.717, 1.165) is 11.1 Å². The molecule has 1 unspecified atom stereocenters. The summed E-state index contributed by atoms with van der Waals surface area (Å²) in [4.78, 5) is 27.2. The normalized spacial score (nSPS) is 11.8. The van der Waals surface area contributed by atoms with Crippen LogP contribution in [-0.4, -0.2) is 25.6 Å². The summed E-state index contributed by atoms with van der Waals surface area (Å²) >= 11 is 0. The van der Waals surface area contributed by atoms with Gasteiger partial charge in [-0.15, -0.1) is 0 Å². The smallest absolute Gasteiger partial charge is 0.312 e. The van der Waals surface area contributed by atoms with E-state index in [0.29, 0.717) is 23.5 Å². The molecule has 0 radical (unpaired) electrons. The van der Waals surface area contributed by atoms with Gasteiger partial charge in [-0.2, -0.15) is 5.10 Å². The third-order valence-electron chi connectivity index (χ3n) is 4.61. The molecule has 0 aliphatic carbocycles. The molecule has 0 saturated carbocycles. The second-order valence-corrected chi connectivity index (χ2v) is 6.61. The number of aromatic nitrogens is 3. The van der Waals surface area contributed by atoms with Gasteiger partial charge < -0.3 is 5.32 Å². The third kappa shape index (κ3) is 4.06. The number of nitro groups is 1. The van der Waals surface area contributed by atoms with Gasteiger partial charge in [0.15, 0.2) is 0 Å². The number of aryl methyl sites for hydroxylation is 1. The molecule has 2 aromatic heterocycles. The van der Waals surface area contributed by atoms with Crippen LogP contribution < -0.4 is 5.32 Å². The van der Waals surface area contributed by atoms with E-state index in [1.807, 2.05) is 31.2 Å². The molecule has 1 N–H and O–H groups in total. The van der Waals surface area contributed by atoms with Crippen LogP contribution in [0.15, 0.2) is 48.8 Å². The fourth-order valence-corrected chi connectivity index (χ4v) is 3.04. The Morgan fingerprint density at radius 2 is 1.96 bits per heavy atom. The van der Waals surface area contributed by atoms with Gasteiger partial charge in [0.1, 0.15) is 11.4 Å². The average Bonchev–Trinajstić information content (AvgIpc) is 2.96. The van der Waals surface area contributed by atoms with E-state index in [9.17, 15) is 14.9 Å². The summed E-state index contributed by atoms with van der Waals surface area (Å²) < 4.78 is 1.60. The lowest BCUT2D eigenvalue weighted by molar-refractivity contribution is -0.386. The quantitative estimate of drug-likeness (QED) is 0.523. The van der Waals surface area contributed by atoms with Crippen LogP contribution in [0.4, 0.5) is 5.69 Å². The van der Waals surface area contributed by atoms with Crippen molar-refractivity contribution in [1.82, 2.24) is 20.1 Å². The van der Waals surface area contributed by atoms with Crippen LogP contribution in [0.2, 0.25) is 0 Å².